The van der Waals surface area contributed by atoms with Crippen LogP contribution in [0.4, 0.5) is 10.5 Å². The van der Waals surface area contributed by atoms with Crippen LogP contribution in [0.25, 0.3) is 90.9 Å². The van der Waals surface area contributed by atoms with Crippen LogP contribution in [0.15, 0.2) is 200 Å². The van der Waals surface area contributed by atoms with Crippen molar-refractivity contribution in [2.24, 2.45) is 11.7 Å². The number of nitrogens with zero attached hydrogens (tertiary/aromatic N) is 4. The highest BCUT2D eigenvalue weighted by Crippen LogP contribution is 2.39. The molecule has 23 nitrogen and oxygen atoms in total. The predicted molar refractivity (Wildman–Crippen MR) is 413 cm³/mol. The molecule has 23 heteroatoms. The van der Waals surface area contributed by atoms with Crippen LogP contribution in [-0.4, -0.2) is 140 Å². The van der Waals surface area contributed by atoms with E-state index in [1.807, 2.05) is 111 Å². The lowest BCUT2D eigenvalue weighted by atomic mass is 10.0. The molecule has 2 aliphatic rings. The summed E-state index contributed by atoms with van der Waals surface area (Å²) < 4.78 is 5.49. The van der Waals surface area contributed by atoms with Crippen LogP contribution in [0.5, 0.6) is 0 Å². The molecule has 0 aliphatic carbocycles. The van der Waals surface area contributed by atoms with Gasteiger partial charge in [0.1, 0.15) is 37.8 Å². The van der Waals surface area contributed by atoms with Gasteiger partial charge < -0.3 is 57.0 Å². The number of ether oxygens (including phenoxy) is 1. The van der Waals surface area contributed by atoms with E-state index in [-0.39, 0.29) is 44.8 Å². The first kappa shape index (κ1) is 75.3. The highest BCUT2D eigenvalue weighted by Gasteiger charge is 2.37. The second kappa shape index (κ2) is 36.0. The molecule has 6 aromatic carbocycles. The summed E-state index contributed by atoms with van der Waals surface area (Å²) in [7, 11) is 1.29. The van der Waals surface area contributed by atoms with E-state index < -0.39 is 104 Å². The average Bonchev–Trinajstić information content (AvgIpc) is 1.61. The smallest absolute Gasteiger partial charge is 0.410 e. The number of likely N-dealkylation sites (N-methyl/N-ethyl adjacent to an activating group) is 1. The van der Waals surface area contributed by atoms with Crippen molar-refractivity contribution in [2.45, 2.75) is 83.5 Å². The summed E-state index contributed by atoms with van der Waals surface area (Å²) in [4.78, 5) is 144. The third-order valence-corrected chi connectivity index (χ3v) is 18.0. The number of amides is 8. The number of carboxylic acids is 1. The van der Waals surface area contributed by atoms with Gasteiger partial charge in [-0.05, 0) is 132 Å². The molecule has 9 aromatic rings. The number of rotatable bonds is 30. The Kier molecular flexibility index (Phi) is 25.3. The number of hydrogen-bond donors (Lipinski definition) is 9. The minimum absolute atomic E-state index is 0.0637. The number of anilines is 1. The largest absolute Gasteiger partial charge is 0.480 e. The molecule has 0 saturated carbocycles. The Hall–Kier alpha value is -12.9. The van der Waals surface area contributed by atoms with Gasteiger partial charge in [-0.1, -0.05) is 178 Å². The number of carbonyl (C=O) groups excluding carboxylic acids is 8. The van der Waals surface area contributed by atoms with Gasteiger partial charge in [0, 0.05) is 76.3 Å². The summed E-state index contributed by atoms with van der Waals surface area (Å²) in [5.74, 6) is -7.31. The number of hydrogen-bond acceptors (Lipinski definition) is 13. The lowest BCUT2D eigenvalue weighted by Gasteiger charge is -2.31. The maximum atomic E-state index is 14.8. The number of carbonyl (C=O) groups is 9. The van der Waals surface area contributed by atoms with Crippen LogP contribution in [0.1, 0.15) is 86.3 Å². The topological polar surface area (TPSA) is 333 Å². The van der Waals surface area contributed by atoms with E-state index in [0.29, 0.717) is 39.5 Å². The molecule has 0 radical (unpaired) electrons. The Morgan fingerprint density at radius 1 is 0.495 bits per heavy atom. The summed E-state index contributed by atoms with van der Waals surface area (Å²) in [5, 5.41) is 22.3. The second-order valence-electron chi connectivity index (χ2n) is 26.4. The summed E-state index contributed by atoms with van der Waals surface area (Å²) in [6.45, 7) is 1.46. The van der Waals surface area contributed by atoms with Crippen molar-refractivity contribution in [3.63, 3.8) is 0 Å². The molecule has 10 N–H and O–H groups in total. The number of benzene rings is 6. The fourth-order valence-corrected chi connectivity index (χ4v) is 12.9. The number of unbranched alkanes of at least 4 members (excludes halogenated alkanes) is 1. The summed E-state index contributed by atoms with van der Waals surface area (Å²) >= 11 is 0. The minimum Gasteiger partial charge on any atom is -0.480 e. The van der Waals surface area contributed by atoms with Crippen molar-refractivity contribution in [2.75, 3.05) is 38.5 Å². The van der Waals surface area contributed by atoms with Gasteiger partial charge in [0.05, 0.1) is 29.3 Å². The number of nitrogens with two attached hydrogens (primary N) is 1. The second-order valence-corrected chi connectivity index (χ2v) is 26.4. The van der Waals surface area contributed by atoms with Gasteiger partial charge >= 0.3 is 12.1 Å². The summed E-state index contributed by atoms with van der Waals surface area (Å²) in [6.07, 6.45) is 6.58. The van der Waals surface area contributed by atoms with E-state index in [0.717, 1.165) is 82.9 Å². The van der Waals surface area contributed by atoms with E-state index in [4.69, 9.17) is 20.4 Å². The fraction of sp³-hybridized carbons (Fsp3) is 0.226. The third kappa shape index (κ3) is 19.7. The number of aliphatic carboxylic acids is 1. The molecule has 107 heavy (non-hydrogen) atoms. The molecule has 8 amide bonds. The average molecular weight is 1440 g/mol. The highest BCUT2D eigenvalue weighted by molar-refractivity contribution is 6.05. The van der Waals surface area contributed by atoms with Gasteiger partial charge in [-0.25, -0.2) is 14.8 Å². The van der Waals surface area contributed by atoms with Gasteiger partial charge in [-0.3, -0.25) is 43.3 Å². The van der Waals surface area contributed by atoms with Crippen LogP contribution in [0.3, 0.4) is 0 Å². The Balaban J connectivity index is 0.870. The molecule has 3 atom stereocenters. The van der Waals surface area contributed by atoms with Crippen molar-refractivity contribution in [3.05, 3.63) is 234 Å². The maximum Gasteiger partial charge on any atom is 0.410 e. The Morgan fingerprint density at radius 3 is 1.42 bits per heavy atom. The zero-order valence-electron chi connectivity index (χ0n) is 59.6. The van der Waals surface area contributed by atoms with Crippen molar-refractivity contribution in [3.8, 4) is 44.5 Å². The lowest BCUT2D eigenvalue weighted by Crippen LogP contribution is -2.57. The number of H-pyrrole nitrogens is 2. The molecule has 2 aliphatic heterocycles. The van der Waals surface area contributed by atoms with Gasteiger partial charge in [0.25, 0.3) is 0 Å². The number of imide groups is 1. The molecular weight excluding hydrogens is 1350 g/mol. The Morgan fingerprint density at radius 2 is 0.953 bits per heavy atom. The number of aromatic nitrogens is 4. The molecule has 11 rings (SSSR count). The Labute approximate surface area is 618 Å². The SMILES string of the molecule is CC(C)C[C@H](NC(=O)[C@H](Cc1ccccc1)NC(=O)CNC(=O)[C@H](CCCCN)N(C(=O)CCC(=O)Nc1ccc(-c2c3nc(c(-c4ccccc4)c4ccc([nH]4)c(-c4ccccc4)c4nc(c(-c5ccccc5)c5ccc2[nH]5)C=C4)C=C3)cc1)C(=O)CN(C)C(=O)OCc1ccccc1)C(=O)NCC(=O)O. The van der Waals surface area contributed by atoms with E-state index >= 15 is 0 Å². The zero-order valence-corrected chi connectivity index (χ0v) is 59.6. The van der Waals surface area contributed by atoms with E-state index in [9.17, 15) is 48.3 Å². The maximum absolute atomic E-state index is 14.8. The first-order chi connectivity index (χ1) is 51.9. The molecule has 0 spiro atoms. The lowest BCUT2D eigenvalue weighted by molar-refractivity contribution is -0.153. The molecule has 546 valence electrons. The van der Waals surface area contributed by atoms with Crippen LogP contribution in [-0.2, 0) is 56.1 Å². The van der Waals surface area contributed by atoms with E-state index in [1.54, 1.807) is 72.8 Å². The zero-order chi connectivity index (χ0) is 75.3. The standard InChI is InChI=1S/C84H84N12O11/c1-53(2)47-69(81(103)87-50-76(101)102)94-82(104)70(48-54-21-9-4-10-22-54)93-73(98)49-86-83(105)71(31-19-20-46-85)96(75(100)51-95(3)84(106)107-52-55-23-11-5-12-24-55)74(99)45-44-72(97)88-60-34-32-59(33-35-60)80-67-42-40-65(91-67)78(57-27-15-7-16-28-57)63-38-36-61(89-63)77(56-25-13-6-14-26-56)62-37-39-64(90-62)79(58-29-17-8-18-30-58)66-41-43-68(80)92-66/h4-18,21-30,32-43,53,69-71,89,92H,19-20,31,44-52,85H2,1-3H3,(H,86,105)(H,87,103)(H,88,97)(H,93,98)(H,94,104)(H,101,102)/t69-,70-,71-/m0/s1. The highest BCUT2D eigenvalue weighted by atomic mass is 16.6. The molecule has 0 unspecified atom stereocenters. The van der Waals surface area contributed by atoms with Crippen molar-refractivity contribution in [1.29, 1.82) is 0 Å². The first-order valence-electron chi connectivity index (χ1n) is 35.5. The summed E-state index contributed by atoms with van der Waals surface area (Å²) in [6, 6.07) is 59.1. The van der Waals surface area contributed by atoms with Crippen LogP contribution >= 0.6 is 0 Å². The monoisotopic (exact) mass is 1440 g/mol. The minimum atomic E-state index is -1.61. The molecule has 0 fully saturated rings. The number of carboxylic acid groups (broad SMARTS) is 1. The van der Waals surface area contributed by atoms with Gasteiger partial charge in [0.2, 0.25) is 41.4 Å². The summed E-state index contributed by atoms with van der Waals surface area (Å²) in [5.41, 5.74) is 20.8. The number of aromatic amines is 2. The molecular formula is C84H84N12O11. The van der Waals surface area contributed by atoms with Crippen LogP contribution in [0.2, 0.25) is 0 Å². The normalized spacial score (nSPS) is 12.3. The van der Waals surface area contributed by atoms with Gasteiger partial charge in [-0.15, -0.1) is 0 Å². The molecule has 0 saturated heterocycles. The van der Waals surface area contributed by atoms with Crippen molar-refractivity contribution >= 4 is 105 Å². The Bertz CT molecular complexity index is 4910. The van der Waals surface area contributed by atoms with Gasteiger partial charge in [-0.2, -0.15) is 0 Å². The third-order valence-electron chi connectivity index (χ3n) is 18.0. The van der Waals surface area contributed by atoms with Crippen molar-refractivity contribution < 1.29 is 53.0 Å². The van der Waals surface area contributed by atoms with Crippen LogP contribution < -0.4 is 32.3 Å². The predicted octanol–water partition coefficient (Wildman–Crippen LogP) is 11.7. The van der Waals surface area contributed by atoms with Crippen LogP contribution in [0, 0.1) is 5.92 Å². The molecule has 5 heterocycles. The number of fused-ring (bicyclic) bond motifs is 8. The molecule has 3 aromatic heterocycles. The quantitative estimate of drug-likeness (QED) is 0.0189. The number of nitrogens with one attached hydrogen (secondary N) is 7. The first-order valence-corrected chi connectivity index (χ1v) is 35.5. The van der Waals surface area contributed by atoms with Gasteiger partial charge in [0.15, 0.2) is 0 Å². The fourth-order valence-electron chi connectivity index (χ4n) is 12.9. The van der Waals surface area contributed by atoms with Crippen molar-refractivity contribution in [1.82, 2.24) is 51.0 Å². The van der Waals surface area contributed by atoms with E-state index in [2.05, 4.69) is 91.2 Å². The van der Waals surface area contributed by atoms with E-state index in [1.165, 1.54) is 7.05 Å². The molecule has 8 bridgehead atoms.